The number of nitrogens with one attached hydrogen (secondary N) is 2. The van der Waals surface area contributed by atoms with Crippen molar-refractivity contribution in [3.05, 3.63) is 53.9 Å². The van der Waals surface area contributed by atoms with Crippen molar-refractivity contribution in [2.45, 2.75) is 25.9 Å². The average Bonchev–Trinajstić information content (AvgIpc) is 3.01. The van der Waals surface area contributed by atoms with E-state index < -0.39 is 0 Å². The van der Waals surface area contributed by atoms with Crippen LogP contribution in [0.25, 0.3) is 10.8 Å². The first-order valence-corrected chi connectivity index (χ1v) is 6.73. The number of fused-ring (bicyclic) bond motifs is 1. The Kier molecular flexibility index (Phi) is 3.43. The Morgan fingerprint density at radius 3 is 2.60 bits per heavy atom. The smallest absolute Gasteiger partial charge is 0.191 e. The molecule has 2 atom stereocenters. The van der Waals surface area contributed by atoms with Gasteiger partial charge in [-0.3, -0.25) is 0 Å². The van der Waals surface area contributed by atoms with E-state index in [9.17, 15) is 0 Å². The van der Waals surface area contributed by atoms with Crippen LogP contribution in [0.3, 0.4) is 0 Å². The van der Waals surface area contributed by atoms with E-state index >= 15 is 0 Å². The lowest BCUT2D eigenvalue weighted by Gasteiger charge is -2.19. The summed E-state index contributed by atoms with van der Waals surface area (Å²) < 4.78 is 0. The number of H-pyrrole nitrogens is 1. The molecule has 0 amide bonds. The van der Waals surface area contributed by atoms with Gasteiger partial charge in [0.2, 0.25) is 0 Å². The molecule has 3 rings (SSSR count). The Balaban J connectivity index is 1.87. The van der Waals surface area contributed by atoms with Crippen LogP contribution in [0.2, 0.25) is 0 Å². The van der Waals surface area contributed by atoms with Crippen LogP contribution in [-0.2, 0) is 0 Å². The molecule has 2 unspecified atom stereocenters. The van der Waals surface area contributed by atoms with E-state index in [1.807, 2.05) is 6.92 Å². The molecule has 1 aromatic heterocycles. The zero-order chi connectivity index (χ0) is 13.9. The number of hydrogen-bond donors (Lipinski definition) is 2. The first-order valence-electron chi connectivity index (χ1n) is 6.73. The van der Waals surface area contributed by atoms with Gasteiger partial charge in [0.1, 0.15) is 0 Å². The van der Waals surface area contributed by atoms with Gasteiger partial charge < -0.3 is 5.32 Å². The van der Waals surface area contributed by atoms with Crippen LogP contribution in [-0.4, -0.2) is 20.6 Å². The Labute approximate surface area is 117 Å². The number of hydrogen-bond acceptors (Lipinski definition) is 4. The SMILES string of the molecule is CC(NC(C)c1cccc2ccccc12)c1nn[nH]n1. The lowest BCUT2D eigenvalue weighted by atomic mass is 9.99. The molecule has 0 aliphatic rings. The molecule has 20 heavy (non-hydrogen) atoms. The van der Waals surface area contributed by atoms with E-state index in [-0.39, 0.29) is 12.1 Å². The maximum Gasteiger partial charge on any atom is 0.191 e. The van der Waals surface area contributed by atoms with Gasteiger partial charge in [-0.25, -0.2) is 0 Å². The summed E-state index contributed by atoms with van der Waals surface area (Å²) >= 11 is 0. The number of tetrazole rings is 1. The van der Waals surface area contributed by atoms with Gasteiger partial charge in [-0.2, -0.15) is 5.21 Å². The Morgan fingerprint density at radius 1 is 1.00 bits per heavy atom. The van der Waals surface area contributed by atoms with Crippen LogP contribution in [0.1, 0.15) is 37.3 Å². The van der Waals surface area contributed by atoms with Crippen molar-refractivity contribution < 1.29 is 0 Å². The zero-order valence-corrected chi connectivity index (χ0v) is 11.5. The fourth-order valence-corrected chi connectivity index (χ4v) is 2.52. The number of nitrogens with zero attached hydrogens (tertiary/aromatic N) is 3. The normalized spacial score (nSPS) is 14.3. The predicted molar refractivity (Wildman–Crippen MR) is 78.1 cm³/mol. The summed E-state index contributed by atoms with van der Waals surface area (Å²) in [6.07, 6.45) is 0. The Bertz CT molecular complexity index is 687. The topological polar surface area (TPSA) is 66.5 Å². The molecule has 0 spiro atoms. The van der Waals surface area contributed by atoms with Crippen LogP contribution in [0.4, 0.5) is 0 Å². The van der Waals surface area contributed by atoms with Crippen molar-refractivity contribution in [3.8, 4) is 0 Å². The molecule has 5 nitrogen and oxygen atoms in total. The van der Waals surface area contributed by atoms with Crippen LogP contribution in [0, 0.1) is 0 Å². The number of rotatable bonds is 4. The summed E-state index contributed by atoms with van der Waals surface area (Å²) in [5, 5.41) is 20.1. The Morgan fingerprint density at radius 2 is 1.80 bits per heavy atom. The van der Waals surface area contributed by atoms with Gasteiger partial charge in [-0.05, 0) is 30.2 Å². The van der Waals surface area contributed by atoms with E-state index in [0.29, 0.717) is 5.82 Å². The fourth-order valence-electron chi connectivity index (χ4n) is 2.52. The maximum atomic E-state index is 4.02. The predicted octanol–water partition coefficient (Wildman–Crippen LogP) is 2.76. The minimum atomic E-state index is 0.0442. The highest BCUT2D eigenvalue weighted by atomic mass is 15.5. The largest absolute Gasteiger partial charge is 0.301 e. The van der Waals surface area contributed by atoms with Gasteiger partial charge in [-0.1, -0.05) is 47.7 Å². The van der Waals surface area contributed by atoms with E-state index in [0.717, 1.165) is 0 Å². The van der Waals surface area contributed by atoms with Gasteiger partial charge in [0.05, 0.1) is 6.04 Å². The van der Waals surface area contributed by atoms with Crippen molar-refractivity contribution in [2.75, 3.05) is 0 Å². The molecular formula is C15H17N5. The molecule has 0 saturated heterocycles. The van der Waals surface area contributed by atoms with Crippen molar-refractivity contribution >= 4 is 10.8 Å². The molecule has 2 aromatic carbocycles. The molecule has 0 aliphatic carbocycles. The van der Waals surface area contributed by atoms with Crippen LogP contribution in [0.5, 0.6) is 0 Å². The first kappa shape index (κ1) is 12.7. The lowest BCUT2D eigenvalue weighted by molar-refractivity contribution is 0.479. The molecule has 102 valence electrons. The summed E-state index contributed by atoms with van der Waals surface area (Å²) in [6.45, 7) is 4.19. The quantitative estimate of drug-likeness (QED) is 0.762. The minimum absolute atomic E-state index is 0.0442. The molecule has 5 heteroatoms. The Hall–Kier alpha value is -2.27. The van der Waals surface area contributed by atoms with Crippen molar-refractivity contribution in [3.63, 3.8) is 0 Å². The monoisotopic (exact) mass is 267 g/mol. The number of aromatic nitrogens is 4. The van der Waals surface area contributed by atoms with Gasteiger partial charge >= 0.3 is 0 Å². The van der Waals surface area contributed by atoms with Gasteiger partial charge in [0, 0.05) is 6.04 Å². The van der Waals surface area contributed by atoms with E-state index in [1.165, 1.54) is 16.3 Å². The highest BCUT2D eigenvalue weighted by molar-refractivity contribution is 5.86. The average molecular weight is 267 g/mol. The standard InChI is InChI=1S/C15H17N5/c1-10(16-11(2)15-17-19-20-18-15)13-9-5-7-12-6-3-4-8-14(12)13/h3-11,16H,1-2H3,(H,17,18,19,20). The summed E-state index contributed by atoms with van der Waals surface area (Å²) in [7, 11) is 0. The third-order valence-electron chi connectivity index (χ3n) is 3.54. The highest BCUT2D eigenvalue weighted by Gasteiger charge is 2.15. The lowest BCUT2D eigenvalue weighted by Crippen LogP contribution is -2.23. The fraction of sp³-hybridized carbons (Fsp3) is 0.267. The zero-order valence-electron chi connectivity index (χ0n) is 11.5. The van der Waals surface area contributed by atoms with Crippen molar-refractivity contribution in [1.29, 1.82) is 0 Å². The molecule has 3 aromatic rings. The van der Waals surface area contributed by atoms with Crippen LogP contribution >= 0.6 is 0 Å². The van der Waals surface area contributed by atoms with E-state index in [1.54, 1.807) is 0 Å². The summed E-state index contributed by atoms with van der Waals surface area (Å²) in [4.78, 5) is 0. The molecule has 0 radical (unpaired) electrons. The molecule has 2 N–H and O–H groups in total. The highest BCUT2D eigenvalue weighted by Crippen LogP contribution is 2.25. The second-order valence-corrected chi connectivity index (χ2v) is 4.95. The third-order valence-corrected chi connectivity index (χ3v) is 3.54. The molecule has 0 saturated carbocycles. The minimum Gasteiger partial charge on any atom is -0.301 e. The van der Waals surface area contributed by atoms with Crippen molar-refractivity contribution in [2.24, 2.45) is 0 Å². The first-order chi connectivity index (χ1) is 9.75. The second kappa shape index (κ2) is 5.38. The second-order valence-electron chi connectivity index (χ2n) is 4.95. The van der Waals surface area contributed by atoms with E-state index in [2.05, 4.69) is 75.3 Å². The molecule has 0 aliphatic heterocycles. The van der Waals surface area contributed by atoms with Crippen LogP contribution in [0.15, 0.2) is 42.5 Å². The van der Waals surface area contributed by atoms with E-state index in [4.69, 9.17) is 0 Å². The number of aromatic amines is 1. The maximum absolute atomic E-state index is 4.02. The molecule has 0 bridgehead atoms. The van der Waals surface area contributed by atoms with Crippen molar-refractivity contribution in [1.82, 2.24) is 25.9 Å². The number of benzene rings is 2. The van der Waals surface area contributed by atoms with Crippen LogP contribution < -0.4 is 5.32 Å². The van der Waals surface area contributed by atoms with Gasteiger partial charge in [-0.15, -0.1) is 10.2 Å². The molecule has 1 heterocycles. The third kappa shape index (κ3) is 2.40. The van der Waals surface area contributed by atoms with Gasteiger partial charge in [0.25, 0.3) is 0 Å². The van der Waals surface area contributed by atoms with Gasteiger partial charge in [0.15, 0.2) is 5.82 Å². The molecule has 0 fully saturated rings. The summed E-state index contributed by atoms with van der Waals surface area (Å²) in [6, 6.07) is 15.0. The summed E-state index contributed by atoms with van der Waals surface area (Å²) in [5.41, 5.74) is 1.28. The summed E-state index contributed by atoms with van der Waals surface area (Å²) in [5.74, 6) is 0.678. The molecular weight excluding hydrogens is 250 g/mol.